The van der Waals surface area contributed by atoms with E-state index in [4.69, 9.17) is 5.11 Å². The molecule has 1 aliphatic carbocycles. The molecule has 1 amide bonds. The fourth-order valence-corrected chi connectivity index (χ4v) is 2.18. The van der Waals surface area contributed by atoms with E-state index in [2.05, 4.69) is 15.5 Å². The molecule has 0 spiro atoms. The first-order valence-corrected chi connectivity index (χ1v) is 7.18. The predicted octanol–water partition coefficient (Wildman–Crippen LogP) is 0.472. The van der Waals surface area contributed by atoms with Gasteiger partial charge in [-0.15, -0.1) is 0 Å². The molecule has 3 rings (SSSR count). The third-order valence-electron chi connectivity index (χ3n) is 3.49. The van der Waals surface area contributed by atoms with Crippen molar-refractivity contribution < 1.29 is 14.7 Å². The minimum absolute atomic E-state index is 0.000286. The summed E-state index contributed by atoms with van der Waals surface area (Å²) < 4.78 is 3.13. The summed E-state index contributed by atoms with van der Waals surface area (Å²) in [5.74, 6) is -0.696. The lowest BCUT2D eigenvalue weighted by atomic mass is 10.3. The summed E-state index contributed by atoms with van der Waals surface area (Å²) >= 11 is 0. The highest BCUT2D eigenvalue weighted by molar-refractivity contribution is 5.85. The third-order valence-corrected chi connectivity index (χ3v) is 3.49. The fraction of sp³-hybridized carbons (Fsp3) is 0.429. The zero-order valence-corrected chi connectivity index (χ0v) is 12.0. The van der Waals surface area contributed by atoms with Gasteiger partial charge in [-0.3, -0.25) is 14.2 Å². The summed E-state index contributed by atoms with van der Waals surface area (Å²) in [6.45, 7) is 1.08. The molecule has 2 aromatic rings. The first-order chi connectivity index (χ1) is 10.6. The van der Waals surface area contributed by atoms with Crippen LogP contribution in [0.2, 0.25) is 0 Å². The summed E-state index contributed by atoms with van der Waals surface area (Å²) in [6.07, 6.45) is 5.83. The molecule has 2 N–H and O–H groups in total. The van der Waals surface area contributed by atoms with Gasteiger partial charge in [-0.2, -0.15) is 10.2 Å². The highest BCUT2D eigenvalue weighted by atomic mass is 16.4. The number of aromatic nitrogens is 4. The van der Waals surface area contributed by atoms with E-state index in [1.807, 2.05) is 16.9 Å². The average molecular weight is 303 g/mol. The second-order valence-electron chi connectivity index (χ2n) is 5.33. The number of aromatic carboxylic acids is 1. The highest BCUT2D eigenvalue weighted by Gasteiger charge is 2.25. The minimum atomic E-state index is -1.11. The molecule has 2 aromatic heterocycles. The lowest BCUT2D eigenvalue weighted by molar-refractivity contribution is -0.121. The van der Waals surface area contributed by atoms with E-state index < -0.39 is 5.97 Å². The van der Waals surface area contributed by atoms with Crippen LogP contribution in [-0.2, 0) is 17.9 Å². The second kappa shape index (κ2) is 6.00. The maximum absolute atomic E-state index is 11.8. The molecule has 22 heavy (non-hydrogen) atoms. The normalized spacial score (nSPS) is 14.0. The molecule has 0 atom stereocenters. The molecular weight excluding hydrogens is 286 g/mol. The maximum atomic E-state index is 11.8. The Morgan fingerprint density at radius 3 is 2.68 bits per heavy atom. The number of nitrogens with zero attached hydrogens (tertiary/aromatic N) is 4. The smallest absolute Gasteiger partial charge is 0.356 e. The second-order valence-corrected chi connectivity index (χ2v) is 5.33. The van der Waals surface area contributed by atoms with Crippen LogP contribution in [0.15, 0.2) is 24.5 Å². The maximum Gasteiger partial charge on any atom is 0.356 e. The van der Waals surface area contributed by atoms with E-state index >= 15 is 0 Å². The highest BCUT2D eigenvalue weighted by Crippen LogP contribution is 2.38. The standard InChI is InChI=1S/C14H17N5O3/c20-13(9-19-7-4-12(17-19)14(21)22)15-5-8-18-6-3-11(16-18)10-1-2-10/h3-4,6-7,10H,1-2,5,8-9H2,(H,15,20)(H,21,22). The summed E-state index contributed by atoms with van der Waals surface area (Å²) in [7, 11) is 0. The van der Waals surface area contributed by atoms with Gasteiger partial charge >= 0.3 is 5.97 Å². The molecule has 0 radical (unpaired) electrons. The van der Waals surface area contributed by atoms with E-state index in [-0.39, 0.29) is 18.1 Å². The average Bonchev–Trinajstić information content (AvgIpc) is 3.03. The number of carboxylic acids is 1. The Kier molecular flexibility index (Phi) is 3.90. The minimum Gasteiger partial charge on any atom is -0.476 e. The molecule has 0 saturated heterocycles. The lowest BCUT2D eigenvalue weighted by Gasteiger charge is -2.05. The van der Waals surface area contributed by atoms with E-state index in [1.165, 1.54) is 29.8 Å². The van der Waals surface area contributed by atoms with Crippen molar-refractivity contribution in [2.45, 2.75) is 31.8 Å². The Morgan fingerprint density at radius 1 is 1.23 bits per heavy atom. The van der Waals surface area contributed by atoms with Crippen LogP contribution >= 0.6 is 0 Å². The van der Waals surface area contributed by atoms with Crippen LogP contribution < -0.4 is 5.32 Å². The first-order valence-electron chi connectivity index (χ1n) is 7.18. The van der Waals surface area contributed by atoms with Gasteiger partial charge in [0.15, 0.2) is 5.69 Å². The Bertz CT molecular complexity index is 686. The van der Waals surface area contributed by atoms with Crippen LogP contribution in [-0.4, -0.2) is 43.1 Å². The molecule has 1 fully saturated rings. The summed E-state index contributed by atoms with van der Waals surface area (Å²) in [5, 5.41) is 19.8. The molecule has 0 unspecified atom stereocenters. The van der Waals surface area contributed by atoms with Crippen molar-refractivity contribution in [3.8, 4) is 0 Å². The van der Waals surface area contributed by atoms with E-state index in [0.29, 0.717) is 19.0 Å². The molecule has 1 saturated carbocycles. The number of hydrogen-bond donors (Lipinski definition) is 2. The third kappa shape index (κ3) is 3.51. The Balaban J connectivity index is 1.42. The van der Waals surface area contributed by atoms with Gasteiger partial charge in [-0.25, -0.2) is 4.79 Å². The molecule has 8 heteroatoms. The summed E-state index contributed by atoms with van der Waals surface area (Å²) in [4.78, 5) is 22.5. The van der Waals surface area contributed by atoms with Gasteiger partial charge in [0.25, 0.3) is 0 Å². The van der Waals surface area contributed by atoms with E-state index in [9.17, 15) is 9.59 Å². The van der Waals surface area contributed by atoms with Gasteiger partial charge in [0.1, 0.15) is 6.54 Å². The van der Waals surface area contributed by atoms with Crippen LogP contribution in [0.1, 0.15) is 34.9 Å². The first kappa shape index (κ1) is 14.3. The largest absolute Gasteiger partial charge is 0.476 e. The van der Waals surface area contributed by atoms with E-state index in [1.54, 1.807) is 0 Å². The Hall–Kier alpha value is -2.64. The van der Waals surface area contributed by atoms with Crippen molar-refractivity contribution in [1.82, 2.24) is 24.9 Å². The van der Waals surface area contributed by atoms with Crippen molar-refractivity contribution in [3.05, 3.63) is 35.9 Å². The predicted molar refractivity (Wildman–Crippen MR) is 76.4 cm³/mol. The SMILES string of the molecule is O=C(Cn1ccc(C(=O)O)n1)NCCn1ccc(C2CC2)n1. The monoisotopic (exact) mass is 303 g/mol. The molecule has 8 nitrogen and oxygen atoms in total. The fourth-order valence-electron chi connectivity index (χ4n) is 2.18. The number of nitrogens with one attached hydrogen (secondary N) is 1. The van der Waals surface area contributed by atoms with Crippen molar-refractivity contribution in [2.75, 3.05) is 6.54 Å². The van der Waals surface area contributed by atoms with Crippen molar-refractivity contribution >= 4 is 11.9 Å². The summed E-state index contributed by atoms with van der Waals surface area (Å²) in [6, 6.07) is 3.38. The summed E-state index contributed by atoms with van der Waals surface area (Å²) in [5.41, 5.74) is 1.06. The van der Waals surface area contributed by atoms with Crippen LogP contribution in [0.3, 0.4) is 0 Å². The molecule has 2 heterocycles. The van der Waals surface area contributed by atoms with Gasteiger partial charge in [-0.1, -0.05) is 0 Å². The van der Waals surface area contributed by atoms with Crippen molar-refractivity contribution in [3.63, 3.8) is 0 Å². The van der Waals surface area contributed by atoms with Crippen molar-refractivity contribution in [2.24, 2.45) is 0 Å². The van der Waals surface area contributed by atoms with Gasteiger partial charge in [0.05, 0.1) is 12.2 Å². The number of carboxylic acid groups (broad SMARTS) is 1. The van der Waals surface area contributed by atoms with Gasteiger partial charge in [0, 0.05) is 24.9 Å². The topological polar surface area (TPSA) is 102 Å². The van der Waals surface area contributed by atoms with Crippen LogP contribution in [0, 0.1) is 0 Å². The van der Waals surface area contributed by atoms with Crippen LogP contribution in [0.5, 0.6) is 0 Å². The van der Waals surface area contributed by atoms with Crippen LogP contribution in [0.25, 0.3) is 0 Å². The van der Waals surface area contributed by atoms with Gasteiger partial charge in [0.2, 0.25) is 5.91 Å². The number of carbonyl (C=O) groups is 2. The molecule has 116 valence electrons. The molecule has 0 aromatic carbocycles. The number of hydrogen-bond acceptors (Lipinski definition) is 4. The quantitative estimate of drug-likeness (QED) is 0.774. The van der Waals surface area contributed by atoms with Crippen LogP contribution in [0.4, 0.5) is 0 Å². The van der Waals surface area contributed by atoms with Gasteiger partial charge in [-0.05, 0) is 25.0 Å². The number of amides is 1. The van der Waals surface area contributed by atoms with Gasteiger partial charge < -0.3 is 10.4 Å². The molecule has 0 aliphatic heterocycles. The van der Waals surface area contributed by atoms with E-state index in [0.717, 1.165) is 5.69 Å². The number of carbonyl (C=O) groups excluding carboxylic acids is 1. The molecule has 0 bridgehead atoms. The Labute approximate surface area is 126 Å². The number of rotatable bonds is 7. The molecular formula is C14H17N5O3. The zero-order chi connectivity index (χ0) is 15.5. The Morgan fingerprint density at radius 2 is 2.00 bits per heavy atom. The zero-order valence-electron chi connectivity index (χ0n) is 12.0. The van der Waals surface area contributed by atoms with Crippen molar-refractivity contribution in [1.29, 1.82) is 0 Å². The molecule has 1 aliphatic rings. The lowest BCUT2D eigenvalue weighted by Crippen LogP contribution is -2.30.